The Kier molecular flexibility index (Phi) is 6.00. The Labute approximate surface area is 126 Å². The first-order chi connectivity index (χ1) is 10.2. The molecular formula is C16H23N3O2. The predicted molar refractivity (Wildman–Crippen MR) is 81.1 cm³/mol. The van der Waals surface area contributed by atoms with E-state index < -0.39 is 6.10 Å². The summed E-state index contributed by atoms with van der Waals surface area (Å²) in [6.07, 6.45) is -0.155. The van der Waals surface area contributed by atoms with Gasteiger partial charge in [0.15, 0.2) is 6.10 Å². The van der Waals surface area contributed by atoms with Gasteiger partial charge in [-0.2, -0.15) is 5.26 Å². The monoisotopic (exact) mass is 289 g/mol. The molecular weight excluding hydrogens is 266 g/mol. The Hall–Kier alpha value is -1.61. The van der Waals surface area contributed by atoms with Crippen molar-refractivity contribution in [2.75, 3.05) is 33.3 Å². The van der Waals surface area contributed by atoms with Crippen molar-refractivity contribution in [3.8, 4) is 11.8 Å². The molecule has 114 valence electrons. The van der Waals surface area contributed by atoms with Crippen LogP contribution in [0, 0.1) is 11.3 Å². The number of nitriles is 1. The largest absolute Gasteiger partial charge is 0.476 e. The van der Waals surface area contributed by atoms with Crippen LogP contribution < -0.4 is 10.1 Å². The number of nitrogens with one attached hydrogen (secondary N) is 1. The molecule has 1 N–H and O–H groups in total. The molecule has 1 heterocycles. The Morgan fingerprint density at radius 1 is 1.48 bits per heavy atom. The number of benzene rings is 1. The molecule has 5 nitrogen and oxygen atoms in total. The first-order valence-electron chi connectivity index (χ1n) is 7.33. The van der Waals surface area contributed by atoms with Crippen LogP contribution in [-0.2, 0) is 11.3 Å². The molecule has 0 aliphatic carbocycles. The topological polar surface area (TPSA) is 57.5 Å². The van der Waals surface area contributed by atoms with Gasteiger partial charge >= 0.3 is 0 Å². The van der Waals surface area contributed by atoms with Gasteiger partial charge in [-0.25, -0.2) is 0 Å². The van der Waals surface area contributed by atoms with Crippen LogP contribution in [0.15, 0.2) is 24.3 Å². The van der Waals surface area contributed by atoms with Crippen LogP contribution in [0.4, 0.5) is 0 Å². The fourth-order valence-corrected chi connectivity index (χ4v) is 2.28. The van der Waals surface area contributed by atoms with Gasteiger partial charge in [0.05, 0.1) is 12.7 Å². The summed E-state index contributed by atoms with van der Waals surface area (Å²) < 4.78 is 11.1. The molecule has 1 fully saturated rings. The maximum absolute atomic E-state index is 8.71. The zero-order valence-corrected chi connectivity index (χ0v) is 12.7. The van der Waals surface area contributed by atoms with E-state index >= 15 is 0 Å². The Morgan fingerprint density at radius 2 is 2.24 bits per heavy atom. The molecule has 0 amide bonds. The van der Waals surface area contributed by atoms with Crippen LogP contribution in [0.1, 0.15) is 12.5 Å². The minimum Gasteiger partial charge on any atom is -0.476 e. The van der Waals surface area contributed by atoms with Crippen LogP contribution in [-0.4, -0.2) is 50.4 Å². The van der Waals surface area contributed by atoms with E-state index in [1.54, 1.807) is 6.92 Å². The molecule has 1 aliphatic rings. The molecule has 1 aromatic rings. The molecule has 0 unspecified atom stereocenters. The van der Waals surface area contributed by atoms with Crippen molar-refractivity contribution >= 4 is 0 Å². The fraction of sp³-hybridized carbons (Fsp3) is 0.562. The van der Waals surface area contributed by atoms with Crippen molar-refractivity contribution in [2.24, 2.45) is 0 Å². The lowest BCUT2D eigenvalue weighted by atomic mass is 10.2. The third-order valence-corrected chi connectivity index (χ3v) is 3.46. The molecule has 5 heteroatoms. The van der Waals surface area contributed by atoms with Crippen LogP contribution in [0.3, 0.4) is 0 Å². The lowest BCUT2D eigenvalue weighted by Gasteiger charge is -2.30. The lowest BCUT2D eigenvalue weighted by molar-refractivity contribution is -0.0182. The van der Waals surface area contributed by atoms with Gasteiger partial charge in [-0.05, 0) is 31.7 Å². The second kappa shape index (κ2) is 7.99. The smallest absolute Gasteiger partial charge is 0.181 e. The number of nitrogens with zero attached hydrogens (tertiary/aromatic N) is 2. The van der Waals surface area contributed by atoms with Gasteiger partial charge in [0.2, 0.25) is 0 Å². The molecule has 2 rings (SSSR count). The zero-order valence-electron chi connectivity index (χ0n) is 12.7. The lowest BCUT2D eigenvalue weighted by Crippen LogP contribution is -2.44. The van der Waals surface area contributed by atoms with Gasteiger partial charge in [-0.15, -0.1) is 0 Å². The molecule has 0 radical (unpaired) electrons. The van der Waals surface area contributed by atoms with E-state index in [0.717, 1.165) is 38.5 Å². The third kappa shape index (κ3) is 5.35. The quantitative estimate of drug-likeness (QED) is 0.858. The fourth-order valence-electron chi connectivity index (χ4n) is 2.28. The number of likely N-dealkylation sites (N-methyl/N-ethyl adjacent to an activating group) is 1. The number of morpholine rings is 1. The van der Waals surface area contributed by atoms with Crippen molar-refractivity contribution in [3.05, 3.63) is 29.8 Å². The van der Waals surface area contributed by atoms with Crippen molar-refractivity contribution in [1.29, 1.82) is 5.26 Å². The molecule has 0 aromatic heterocycles. The summed E-state index contributed by atoms with van der Waals surface area (Å²) in [4.78, 5) is 2.29. The maximum Gasteiger partial charge on any atom is 0.181 e. The molecule has 0 spiro atoms. The highest BCUT2D eigenvalue weighted by Gasteiger charge is 2.16. The first-order valence-corrected chi connectivity index (χ1v) is 7.33. The van der Waals surface area contributed by atoms with Gasteiger partial charge in [-0.1, -0.05) is 12.1 Å². The first kappa shape index (κ1) is 15.8. The van der Waals surface area contributed by atoms with Gasteiger partial charge in [0.25, 0.3) is 0 Å². The van der Waals surface area contributed by atoms with Gasteiger partial charge < -0.3 is 19.7 Å². The molecule has 0 bridgehead atoms. The molecule has 1 saturated heterocycles. The molecule has 21 heavy (non-hydrogen) atoms. The average molecular weight is 289 g/mol. The second-order valence-electron chi connectivity index (χ2n) is 5.42. The Morgan fingerprint density at radius 3 is 2.90 bits per heavy atom. The summed E-state index contributed by atoms with van der Waals surface area (Å²) in [6, 6.07) is 9.88. The van der Waals surface area contributed by atoms with E-state index in [2.05, 4.69) is 17.3 Å². The van der Waals surface area contributed by atoms with E-state index in [1.807, 2.05) is 30.3 Å². The van der Waals surface area contributed by atoms with Gasteiger partial charge in [0, 0.05) is 26.2 Å². The standard InChI is InChI=1S/C16H23N3O2/c1-13(9-17)21-15-5-3-14(4-6-15)10-18-11-16-12-19(2)7-8-20-16/h3-6,13,16,18H,7-8,10-12H2,1-2H3/t13-,16+/m0/s1. The second-order valence-corrected chi connectivity index (χ2v) is 5.42. The van der Waals surface area contributed by atoms with Crippen molar-refractivity contribution in [3.63, 3.8) is 0 Å². The SMILES string of the molecule is C[C@@H](C#N)Oc1ccc(CNC[C@@H]2CN(C)CCO2)cc1. The molecule has 2 atom stereocenters. The van der Waals surface area contributed by atoms with E-state index in [9.17, 15) is 0 Å². The maximum atomic E-state index is 8.71. The summed E-state index contributed by atoms with van der Waals surface area (Å²) in [5.41, 5.74) is 1.19. The van der Waals surface area contributed by atoms with Crippen molar-refractivity contribution in [2.45, 2.75) is 25.7 Å². The van der Waals surface area contributed by atoms with E-state index in [-0.39, 0.29) is 6.10 Å². The minimum absolute atomic E-state index is 0.267. The highest BCUT2D eigenvalue weighted by Crippen LogP contribution is 2.13. The normalized spacial score (nSPS) is 20.7. The van der Waals surface area contributed by atoms with Crippen LogP contribution in [0.25, 0.3) is 0 Å². The van der Waals surface area contributed by atoms with Gasteiger partial charge in [0.1, 0.15) is 11.8 Å². The highest BCUT2D eigenvalue weighted by atomic mass is 16.5. The molecule has 1 aliphatic heterocycles. The highest BCUT2D eigenvalue weighted by molar-refractivity contribution is 5.27. The third-order valence-electron chi connectivity index (χ3n) is 3.46. The number of hydrogen-bond acceptors (Lipinski definition) is 5. The Bertz CT molecular complexity index is 469. The molecule has 0 saturated carbocycles. The van der Waals surface area contributed by atoms with Crippen molar-refractivity contribution in [1.82, 2.24) is 10.2 Å². The Balaban J connectivity index is 1.72. The predicted octanol–water partition coefficient (Wildman–Crippen LogP) is 1.40. The number of ether oxygens (including phenoxy) is 2. The van der Waals surface area contributed by atoms with E-state index in [4.69, 9.17) is 14.7 Å². The molecule has 1 aromatic carbocycles. The van der Waals surface area contributed by atoms with Gasteiger partial charge in [-0.3, -0.25) is 0 Å². The summed E-state index contributed by atoms with van der Waals surface area (Å²) in [6.45, 7) is 6.19. The number of rotatable bonds is 6. The zero-order chi connectivity index (χ0) is 15.1. The summed E-state index contributed by atoms with van der Waals surface area (Å²) >= 11 is 0. The van der Waals surface area contributed by atoms with Crippen LogP contribution in [0.5, 0.6) is 5.75 Å². The average Bonchev–Trinajstić information content (AvgIpc) is 2.49. The van der Waals surface area contributed by atoms with Crippen molar-refractivity contribution < 1.29 is 9.47 Å². The summed E-state index contributed by atoms with van der Waals surface area (Å²) in [5, 5.41) is 12.1. The van der Waals surface area contributed by atoms with Crippen LogP contribution in [0.2, 0.25) is 0 Å². The number of hydrogen-bond donors (Lipinski definition) is 1. The van der Waals surface area contributed by atoms with E-state index in [1.165, 1.54) is 5.56 Å². The summed E-state index contributed by atoms with van der Waals surface area (Å²) in [7, 11) is 2.12. The van der Waals surface area contributed by atoms with E-state index in [0.29, 0.717) is 0 Å². The minimum atomic E-state index is -0.422. The summed E-state index contributed by atoms with van der Waals surface area (Å²) in [5.74, 6) is 0.727. The van der Waals surface area contributed by atoms with Crippen LogP contribution >= 0.6 is 0 Å².